The van der Waals surface area contributed by atoms with Gasteiger partial charge in [0.1, 0.15) is 0 Å². The zero-order valence-electron chi connectivity index (χ0n) is 10.4. The van der Waals surface area contributed by atoms with E-state index in [-0.39, 0.29) is 0 Å². The average molecular weight is 229 g/mol. The predicted molar refractivity (Wildman–Crippen MR) is 71.7 cm³/mol. The molecule has 0 amide bonds. The molecular formula is C13H27NS. The van der Waals surface area contributed by atoms with Gasteiger partial charge in [0.05, 0.1) is 0 Å². The van der Waals surface area contributed by atoms with Gasteiger partial charge in [0.15, 0.2) is 0 Å². The van der Waals surface area contributed by atoms with Gasteiger partial charge in [-0.2, -0.15) is 11.8 Å². The fraction of sp³-hybridized carbons (Fsp3) is 1.00. The van der Waals surface area contributed by atoms with E-state index in [1.807, 2.05) is 0 Å². The highest BCUT2D eigenvalue weighted by atomic mass is 32.2. The molecule has 0 bridgehead atoms. The van der Waals surface area contributed by atoms with Crippen LogP contribution in [0, 0.1) is 5.92 Å². The van der Waals surface area contributed by atoms with E-state index in [0.29, 0.717) is 0 Å². The van der Waals surface area contributed by atoms with Crippen molar-refractivity contribution in [1.29, 1.82) is 0 Å². The minimum Gasteiger partial charge on any atom is -0.314 e. The molecule has 15 heavy (non-hydrogen) atoms. The van der Waals surface area contributed by atoms with Crippen molar-refractivity contribution in [3.63, 3.8) is 0 Å². The molecule has 0 aromatic heterocycles. The summed E-state index contributed by atoms with van der Waals surface area (Å²) in [7, 11) is 0. The predicted octanol–water partition coefficient (Wildman–Crippen LogP) is 3.69. The van der Waals surface area contributed by atoms with Gasteiger partial charge in [0, 0.05) is 6.04 Å². The molecule has 1 aliphatic rings. The molecule has 90 valence electrons. The summed E-state index contributed by atoms with van der Waals surface area (Å²) >= 11 is 2.06. The molecule has 1 saturated carbocycles. The topological polar surface area (TPSA) is 12.0 Å². The van der Waals surface area contributed by atoms with Crippen LogP contribution in [-0.4, -0.2) is 24.1 Å². The van der Waals surface area contributed by atoms with Crippen molar-refractivity contribution in [2.75, 3.05) is 18.1 Å². The van der Waals surface area contributed by atoms with Crippen LogP contribution >= 0.6 is 11.8 Å². The van der Waals surface area contributed by atoms with Crippen LogP contribution in [0.25, 0.3) is 0 Å². The first kappa shape index (κ1) is 13.4. The van der Waals surface area contributed by atoms with E-state index in [1.54, 1.807) is 0 Å². The lowest BCUT2D eigenvalue weighted by Crippen LogP contribution is -2.35. The molecule has 1 rings (SSSR count). The molecule has 1 nitrogen and oxygen atoms in total. The average Bonchev–Trinajstić information content (AvgIpc) is 2.30. The Balaban J connectivity index is 1.99. The molecule has 0 saturated heterocycles. The van der Waals surface area contributed by atoms with Crippen molar-refractivity contribution in [2.24, 2.45) is 5.92 Å². The van der Waals surface area contributed by atoms with Crippen molar-refractivity contribution in [3.05, 3.63) is 0 Å². The van der Waals surface area contributed by atoms with Crippen LogP contribution in [0.3, 0.4) is 0 Å². The van der Waals surface area contributed by atoms with Crippen LogP contribution in [0.2, 0.25) is 0 Å². The van der Waals surface area contributed by atoms with Crippen LogP contribution in [0.5, 0.6) is 0 Å². The van der Waals surface area contributed by atoms with Gasteiger partial charge in [-0.15, -0.1) is 0 Å². The van der Waals surface area contributed by atoms with Gasteiger partial charge in [-0.05, 0) is 50.2 Å². The maximum Gasteiger partial charge on any atom is 0.00670 e. The third-order valence-corrected chi connectivity index (χ3v) is 4.48. The summed E-state index contributed by atoms with van der Waals surface area (Å²) in [6, 6.07) is 0.747. The molecule has 0 aromatic carbocycles. The first-order chi connectivity index (χ1) is 7.34. The molecule has 0 heterocycles. The zero-order chi connectivity index (χ0) is 10.9. The highest BCUT2D eigenvalue weighted by Gasteiger charge is 2.18. The molecule has 0 radical (unpaired) electrons. The van der Waals surface area contributed by atoms with E-state index in [1.165, 1.54) is 56.6 Å². The van der Waals surface area contributed by atoms with Crippen molar-refractivity contribution in [1.82, 2.24) is 5.32 Å². The Morgan fingerprint density at radius 1 is 1.27 bits per heavy atom. The summed E-state index contributed by atoms with van der Waals surface area (Å²) in [5.41, 5.74) is 0. The fourth-order valence-electron chi connectivity index (χ4n) is 2.45. The minimum atomic E-state index is 0.747. The molecular weight excluding hydrogens is 202 g/mol. The lowest BCUT2D eigenvalue weighted by atomic mass is 9.84. The highest BCUT2D eigenvalue weighted by Crippen LogP contribution is 2.26. The van der Waals surface area contributed by atoms with E-state index < -0.39 is 0 Å². The third kappa shape index (κ3) is 5.82. The Kier molecular flexibility index (Phi) is 7.54. The largest absolute Gasteiger partial charge is 0.314 e. The van der Waals surface area contributed by atoms with Crippen LogP contribution in [-0.2, 0) is 0 Å². The SMILES string of the molecule is CCSCCCN[C@H](C)C1CCCCC1. The highest BCUT2D eigenvalue weighted by molar-refractivity contribution is 7.99. The number of hydrogen-bond acceptors (Lipinski definition) is 2. The molecule has 0 unspecified atom stereocenters. The van der Waals surface area contributed by atoms with E-state index in [2.05, 4.69) is 30.9 Å². The molecule has 1 N–H and O–H groups in total. The van der Waals surface area contributed by atoms with Crippen molar-refractivity contribution in [3.8, 4) is 0 Å². The zero-order valence-corrected chi connectivity index (χ0v) is 11.2. The number of hydrogen-bond donors (Lipinski definition) is 1. The Morgan fingerprint density at radius 2 is 2.00 bits per heavy atom. The molecule has 0 spiro atoms. The van der Waals surface area contributed by atoms with Crippen molar-refractivity contribution >= 4 is 11.8 Å². The standard InChI is InChI=1S/C13H27NS/c1-3-15-11-7-10-14-12(2)13-8-5-4-6-9-13/h12-14H,3-11H2,1-2H3/t12-/m1/s1. The number of nitrogens with one attached hydrogen (secondary N) is 1. The van der Waals surface area contributed by atoms with E-state index >= 15 is 0 Å². The van der Waals surface area contributed by atoms with E-state index in [9.17, 15) is 0 Å². The summed E-state index contributed by atoms with van der Waals surface area (Å²) in [6.07, 6.45) is 8.63. The summed E-state index contributed by atoms with van der Waals surface area (Å²) in [4.78, 5) is 0. The minimum absolute atomic E-state index is 0.747. The van der Waals surface area contributed by atoms with Gasteiger partial charge in [0.25, 0.3) is 0 Å². The maximum atomic E-state index is 3.70. The van der Waals surface area contributed by atoms with Crippen LogP contribution in [0.1, 0.15) is 52.4 Å². The molecule has 1 fully saturated rings. The van der Waals surface area contributed by atoms with Gasteiger partial charge in [-0.25, -0.2) is 0 Å². The normalized spacial score (nSPS) is 20.4. The lowest BCUT2D eigenvalue weighted by molar-refractivity contribution is 0.282. The Bertz CT molecular complexity index is 143. The first-order valence-corrected chi connectivity index (χ1v) is 7.81. The fourth-order valence-corrected chi connectivity index (χ4v) is 3.09. The smallest absolute Gasteiger partial charge is 0.00670 e. The third-order valence-electron chi connectivity index (χ3n) is 3.49. The maximum absolute atomic E-state index is 3.70. The Hall–Kier alpha value is 0.310. The summed E-state index contributed by atoms with van der Waals surface area (Å²) in [6.45, 7) is 5.83. The van der Waals surface area contributed by atoms with Gasteiger partial charge in [-0.1, -0.05) is 26.2 Å². The second-order valence-corrected chi connectivity index (χ2v) is 6.09. The van der Waals surface area contributed by atoms with Crippen molar-refractivity contribution in [2.45, 2.75) is 58.4 Å². The summed E-state index contributed by atoms with van der Waals surface area (Å²) in [5, 5.41) is 3.70. The number of rotatable bonds is 7. The van der Waals surface area contributed by atoms with Gasteiger partial charge in [-0.3, -0.25) is 0 Å². The molecule has 0 aliphatic heterocycles. The van der Waals surface area contributed by atoms with Gasteiger partial charge < -0.3 is 5.32 Å². The molecule has 2 heteroatoms. The van der Waals surface area contributed by atoms with E-state index in [0.717, 1.165) is 12.0 Å². The molecule has 1 aliphatic carbocycles. The lowest BCUT2D eigenvalue weighted by Gasteiger charge is -2.28. The van der Waals surface area contributed by atoms with Crippen LogP contribution < -0.4 is 5.32 Å². The van der Waals surface area contributed by atoms with E-state index in [4.69, 9.17) is 0 Å². The molecule has 1 atom stereocenters. The van der Waals surface area contributed by atoms with Gasteiger partial charge >= 0.3 is 0 Å². The monoisotopic (exact) mass is 229 g/mol. The summed E-state index contributed by atoms with van der Waals surface area (Å²) < 4.78 is 0. The molecule has 0 aromatic rings. The van der Waals surface area contributed by atoms with Crippen molar-refractivity contribution < 1.29 is 0 Å². The Morgan fingerprint density at radius 3 is 2.67 bits per heavy atom. The first-order valence-electron chi connectivity index (χ1n) is 6.65. The van der Waals surface area contributed by atoms with Crippen LogP contribution in [0.4, 0.5) is 0 Å². The quantitative estimate of drug-likeness (QED) is 0.668. The second-order valence-electron chi connectivity index (χ2n) is 4.69. The second kappa shape index (κ2) is 8.46. The van der Waals surface area contributed by atoms with Gasteiger partial charge in [0.2, 0.25) is 0 Å². The van der Waals surface area contributed by atoms with Crippen LogP contribution in [0.15, 0.2) is 0 Å². The summed E-state index contributed by atoms with van der Waals surface area (Å²) in [5.74, 6) is 3.54. The Labute approximate surface area is 99.8 Å². The number of thioether (sulfide) groups is 1.